The molecule has 0 aliphatic rings. The molecule has 0 bridgehead atoms. The van der Waals surface area contributed by atoms with E-state index in [1.54, 1.807) is 6.07 Å². The van der Waals surface area contributed by atoms with Gasteiger partial charge >= 0.3 is 5.97 Å². The number of Topliss-reactive ketones (excluding diaryl/α,β-unsaturated/α-hetero) is 1. The number of esters is 1. The summed E-state index contributed by atoms with van der Waals surface area (Å²) in [6.07, 6.45) is 0.757. The largest absolute Gasteiger partial charge is 0.457 e. The van der Waals surface area contributed by atoms with Gasteiger partial charge in [0.2, 0.25) is 5.78 Å². The third kappa shape index (κ3) is 5.28. The van der Waals surface area contributed by atoms with Gasteiger partial charge in [0, 0.05) is 35.1 Å². The van der Waals surface area contributed by atoms with Crippen molar-refractivity contribution in [3.8, 4) is 0 Å². The van der Waals surface area contributed by atoms with Crippen LogP contribution in [0.2, 0.25) is 0 Å². The standard InChI is InChI=1S/C21H26N2O5/c1-14(2)9-10-22-15(3)11-18(16(22)4)20(24)13-28-21(25)12-17-7-5-6-8-19(17)23(26)27/h5-8,11,14H,9-10,12-13H2,1-4H3. The number of ether oxygens (including phenoxy) is 1. The van der Waals surface area contributed by atoms with E-state index in [2.05, 4.69) is 18.4 Å². The molecule has 0 aliphatic heterocycles. The number of aromatic nitrogens is 1. The summed E-state index contributed by atoms with van der Waals surface area (Å²) >= 11 is 0. The van der Waals surface area contributed by atoms with E-state index < -0.39 is 10.9 Å². The molecule has 0 unspecified atom stereocenters. The number of hydrogen-bond donors (Lipinski definition) is 0. The number of carbonyl (C=O) groups is 2. The van der Waals surface area contributed by atoms with Gasteiger partial charge in [0.05, 0.1) is 11.3 Å². The number of nitro groups is 1. The summed E-state index contributed by atoms with van der Waals surface area (Å²) in [5.41, 5.74) is 2.52. The Kier molecular flexibility index (Phi) is 7.09. The number of carbonyl (C=O) groups excluding carboxylic acids is 2. The van der Waals surface area contributed by atoms with E-state index in [1.165, 1.54) is 18.2 Å². The second-order valence-electron chi connectivity index (χ2n) is 7.27. The van der Waals surface area contributed by atoms with Crippen LogP contribution in [-0.4, -0.2) is 27.8 Å². The predicted molar refractivity (Wildman–Crippen MR) is 105 cm³/mol. The highest BCUT2D eigenvalue weighted by Gasteiger charge is 2.20. The van der Waals surface area contributed by atoms with E-state index in [0.29, 0.717) is 11.5 Å². The molecule has 0 N–H and O–H groups in total. The molecule has 28 heavy (non-hydrogen) atoms. The normalized spacial score (nSPS) is 10.9. The summed E-state index contributed by atoms with van der Waals surface area (Å²) < 4.78 is 7.18. The Morgan fingerprint density at radius 2 is 1.89 bits per heavy atom. The van der Waals surface area contributed by atoms with Crippen LogP contribution in [0.3, 0.4) is 0 Å². The van der Waals surface area contributed by atoms with Crippen molar-refractivity contribution in [3.63, 3.8) is 0 Å². The van der Waals surface area contributed by atoms with Gasteiger partial charge in [-0.2, -0.15) is 0 Å². The Hall–Kier alpha value is -2.96. The average molecular weight is 386 g/mol. The molecule has 7 heteroatoms. The molecule has 0 radical (unpaired) electrons. The first-order chi connectivity index (χ1) is 13.2. The van der Waals surface area contributed by atoms with Crippen LogP contribution in [-0.2, 0) is 22.5 Å². The van der Waals surface area contributed by atoms with Gasteiger partial charge in [-0.15, -0.1) is 0 Å². The summed E-state index contributed by atoms with van der Waals surface area (Å²) in [5.74, 6) is -0.389. The highest BCUT2D eigenvalue weighted by atomic mass is 16.6. The molecule has 0 spiro atoms. The molecule has 0 amide bonds. The fourth-order valence-electron chi connectivity index (χ4n) is 3.08. The second-order valence-corrected chi connectivity index (χ2v) is 7.27. The average Bonchev–Trinajstić information content (AvgIpc) is 2.92. The lowest BCUT2D eigenvalue weighted by Crippen LogP contribution is -2.17. The smallest absolute Gasteiger partial charge is 0.310 e. The van der Waals surface area contributed by atoms with Crippen LogP contribution in [0.15, 0.2) is 30.3 Å². The SMILES string of the molecule is Cc1cc(C(=O)COC(=O)Cc2ccccc2[N+](=O)[O-])c(C)n1CCC(C)C. The Balaban J connectivity index is 2.00. The van der Waals surface area contributed by atoms with Crippen LogP contribution in [0.4, 0.5) is 5.69 Å². The van der Waals surface area contributed by atoms with Crippen molar-refractivity contribution in [3.05, 3.63) is 63.0 Å². The molecule has 0 saturated carbocycles. The van der Waals surface area contributed by atoms with E-state index in [1.807, 2.05) is 19.9 Å². The van der Waals surface area contributed by atoms with Crippen molar-refractivity contribution in [1.82, 2.24) is 4.57 Å². The van der Waals surface area contributed by atoms with Crippen LogP contribution in [0, 0.1) is 29.9 Å². The summed E-state index contributed by atoms with van der Waals surface area (Å²) in [5, 5.41) is 11.0. The molecule has 1 aromatic carbocycles. The minimum atomic E-state index is -0.670. The molecule has 1 heterocycles. The highest BCUT2D eigenvalue weighted by molar-refractivity contribution is 5.99. The third-order valence-corrected chi connectivity index (χ3v) is 4.69. The zero-order chi connectivity index (χ0) is 20.8. The predicted octanol–water partition coefficient (Wildman–Crippen LogP) is 4.03. The lowest BCUT2D eigenvalue weighted by molar-refractivity contribution is -0.385. The van der Waals surface area contributed by atoms with Crippen molar-refractivity contribution in [2.75, 3.05) is 6.61 Å². The van der Waals surface area contributed by atoms with Crippen molar-refractivity contribution in [2.45, 2.75) is 47.1 Å². The molecule has 0 saturated heterocycles. The van der Waals surface area contributed by atoms with Gasteiger partial charge in [0.15, 0.2) is 6.61 Å². The molecular weight excluding hydrogens is 360 g/mol. The van der Waals surface area contributed by atoms with Crippen molar-refractivity contribution in [1.29, 1.82) is 0 Å². The van der Waals surface area contributed by atoms with Crippen molar-refractivity contribution >= 4 is 17.4 Å². The minimum Gasteiger partial charge on any atom is -0.457 e. The molecule has 1 aromatic heterocycles. The summed E-state index contributed by atoms with van der Waals surface area (Å²) in [6.45, 7) is 8.59. The molecule has 0 aliphatic carbocycles. The topological polar surface area (TPSA) is 91.4 Å². The molecule has 7 nitrogen and oxygen atoms in total. The first-order valence-corrected chi connectivity index (χ1v) is 9.28. The van der Waals surface area contributed by atoms with E-state index in [9.17, 15) is 19.7 Å². The maximum absolute atomic E-state index is 12.5. The van der Waals surface area contributed by atoms with Gasteiger partial charge in [-0.3, -0.25) is 19.7 Å². The quantitative estimate of drug-likeness (QED) is 0.281. The zero-order valence-electron chi connectivity index (χ0n) is 16.7. The summed E-state index contributed by atoms with van der Waals surface area (Å²) in [6, 6.07) is 7.80. The van der Waals surface area contributed by atoms with Gasteiger partial charge in [0.25, 0.3) is 5.69 Å². The Morgan fingerprint density at radius 1 is 1.21 bits per heavy atom. The van der Waals surface area contributed by atoms with E-state index >= 15 is 0 Å². The number of ketones is 1. The van der Waals surface area contributed by atoms with E-state index in [4.69, 9.17) is 4.74 Å². The second kappa shape index (κ2) is 9.30. The summed E-state index contributed by atoms with van der Waals surface area (Å²) in [7, 11) is 0. The molecule has 2 rings (SSSR count). The Morgan fingerprint density at radius 3 is 2.54 bits per heavy atom. The van der Waals surface area contributed by atoms with Crippen molar-refractivity contribution in [2.24, 2.45) is 5.92 Å². The van der Waals surface area contributed by atoms with Gasteiger partial charge in [-0.1, -0.05) is 32.0 Å². The monoisotopic (exact) mass is 386 g/mol. The fraction of sp³-hybridized carbons (Fsp3) is 0.429. The minimum absolute atomic E-state index is 0.139. The Bertz CT molecular complexity index is 883. The van der Waals surface area contributed by atoms with Gasteiger partial charge in [-0.25, -0.2) is 0 Å². The van der Waals surface area contributed by atoms with Crippen LogP contribution in [0.25, 0.3) is 0 Å². The molecule has 0 fully saturated rings. The lowest BCUT2D eigenvalue weighted by atomic mass is 10.1. The molecular formula is C21H26N2O5. The number of nitro benzene ring substituents is 1. The molecule has 150 valence electrons. The zero-order valence-corrected chi connectivity index (χ0v) is 16.7. The highest BCUT2D eigenvalue weighted by Crippen LogP contribution is 2.20. The Labute approximate surface area is 164 Å². The van der Waals surface area contributed by atoms with Crippen LogP contribution >= 0.6 is 0 Å². The number of aryl methyl sites for hydroxylation is 1. The molecule has 2 aromatic rings. The summed E-state index contributed by atoms with van der Waals surface area (Å²) in [4.78, 5) is 35.0. The lowest BCUT2D eigenvalue weighted by Gasteiger charge is -2.11. The number of rotatable bonds is 9. The van der Waals surface area contributed by atoms with Gasteiger partial charge in [-0.05, 0) is 32.3 Å². The number of benzene rings is 1. The maximum atomic E-state index is 12.5. The number of nitrogens with zero attached hydrogens (tertiary/aromatic N) is 2. The fourth-order valence-corrected chi connectivity index (χ4v) is 3.08. The first kappa shape index (κ1) is 21.3. The van der Waals surface area contributed by atoms with Crippen LogP contribution in [0.1, 0.15) is 47.6 Å². The van der Waals surface area contributed by atoms with Crippen LogP contribution in [0.5, 0.6) is 0 Å². The third-order valence-electron chi connectivity index (χ3n) is 4.69. The van der Waals surface area contributed by atoms with Gasteiger partial charge in [0.1, 0.15) is 0 Å². The van der Waals surface area contributed by atoms with Crippen LogP contribution < -0.4 is 0 Å². The number of para-hydroxylation sites is 1. The molecule has 0 atom stereocenters. The first-order valence-electron chi connectivity index (χ1n) is 9.28. The van der Waals surface area contributed by atoms with E-state index in [-0.39, 0.29) is 30.1 Å². The maximum Gasteiger partial charge on any atom is 0.310 e. The van der Waals surface area contributed by atoms with E-state index in [0.717, 1.165) is 24.4 Å². The van der Waals surface area contributed by atoms with Gasteiger partial charge < -0.3 is 9.30 Å². The van der Waals surface area contributed by atoms with Crippen molar-refractivity contribution < 1.29 is 19.2 Å². The number of hydrogen-bond acceptors (Lipinski definition) is 5.